The topological polar surface area (TPSA) is 38.1 Å². The maximum atomic E-state index is 13.8. The van der Waals surface area contributed by atoms with E-state index in [1.807, 2.05) is 37.3 Å². The van der Waals surface area contributed by atoms with Gasteiger partial charge in [0.25, 0.3) is 5.91 Å². The Bertz CT molecular complexity index is 963. The lowest BCUT2D eigenvalue weighted by molar-refractivity contribution is -0.143. The van der Waals surface area contributed by atoms with Gasteiger partial charge in [-0.3, -0.25) is 4.79 Å². The molecule has 4 nitrogen and oxygen atoms in total. The van der Waals surface area contributed by atoms with E-state index in [0.29, 0.717) is 13.0 Å². The monoisotopic (exact) mass is 401 g/mol. The molecule has 2 aromatic carbocycles. The lowest BCUT2D eigenvalue weighted by Gasteiger charge is -2.18. The maximum absolute atomic E-state index is 13.8. The number of hydrogen-bond acceptors (Lipinski definition) is 2. The fraction of sp³-hybridized carbons (Fsp3) is 0.273. The Labute approximate surface area is 167 Å². The standard InChI is InChI=1S/C22H22F3N3O/c1-16-10-12-18(13-11-16)28-20(22(23,24)25)19(15-26-28)21(29)27(2)14-6-9-17-7-4-3-5-8-17/h3-5,7-8,10-13,15H,6,9,14H2,1-2H3. The molecule has 0 bridgehead atoms. The van der Waals surface area contributed by atoms with Crippen LogP contribution in [0.3, 0.4) is 0 Å². The van der Waals surface area contributed by atoms with Gasteiger partial charge in [-0.1, -0.05) is 48.0 Å². The molecule has 3 aromatic rings. The number of rotatable bonds is 6. The molecule has 0 unspecified atom stereocenters. The van der Waals surface area contributed by atoms with E-state index in [1.165, 1.54) is 11.9 Å². The molecule has 152 valence electrons. The van der Waals surface area contributed by atoms with E-state index in [1.54, 1.807) is 24.3 Å². The molecule has 0 saturated heterocycles. The minimum atomic E-state index is -4.71. The SMILES string of the molecule is Cc1ccc(-n2ncc(C(=O)N(C)CCCc3ccccc3)c2C(F)(F)F)cc1. The fourth-order valence-corrected chi connectivity index (χ4v) is 3.13. The third kappa shape index (κ3) is 4.85. The van der Waals surface area contributed by atoms with E-state index >= 15 is 0 Å². The van der Waals surface area contributed by atoms with Crippen molar-refractivity contribution in [1.82, 2.24) is 14.7 Å². The number of carbonyl (C=O) groups excluding carboxylic acids is 1. The van der Waals surface area contributed by atoms with E-state index in [-0.39, 0.29) is 5.69 Å². The Hall–Kier alpha value is -3.09. The molecule has 3 rings (SSSR count). The zero-order chi connectivity index (χ0) is 21.0. The highest BCUT2D eigenvalue weighted by Gasteiger charge is 2.41. The van der Waals surface area contributed by atoms with Crippen molar-refractivity contribution in [3.05, 3.63) is 83.2 Å². The average molecular weight is 401 g/mol. The van der Waals surface area contributed by atoms with Crippen molar-refractivity contribution in [2.45, 2.75) is 25.9 Å². The van der Waals surface area contributed by atoms with E-state index in [2.05, 4.69) is 5.10 Å². The van der Waals surface area contributed by atoms with Gasteiger partial charge < -0.3 is 4.90 Å². The molecule has 0 saturated carbocycles. The number of nitrogens with zero attached hydrogens (tertiary/aromatic N) is 3. The largest absolute Gasteiger partial charge is 0.434 e. The fourth-order valence-electron chi connectivity index (χ4n) is 3.13. The summed E-state index contributed by atoms with van der Waals surface area (Å²) in [6, 6.07) is 16.2. The van der Waals surface area contributed by atoms with Gasteiger partial charge in [-0.2, -0.15) is 18.3 Å². The predicted octanol–water partition coefficient (Wildman–Crippen LogP) is 4.90. The molecule has 0 atom stereocenters. The number of aryl methyl sites for hydroxylation is 2. The summed E-state index contributed by atoms with van der Waals surface area (Å²) in [5, 5.41) is 3.86. The zero-order valence-corrected chi connectivity index (χ0v) is 16.3. The molecular weight excluding hydrogens is 379 g/mol. The van der Waals surface area contributed by atoms with Gasteiger partial charge in [0.2, 0.25) is 0 Å². The summed E-state index contributed by atoms with van der Waals surface area (Å²) in [4.78, 5) is 14.0. The summed E-state index contributed by atoms with van der Waals surface area (Å²) in [6.45, 7) is 2.19. The van der Waals surface area contributed by atoms with Gasteiger partial charge in [0.1, 0.15) is 0 Å². The van der Waals surface area contributed by atoms with E-state index < -0.39 is 23.3 Å². The number of amides is 1. The van der Waals surface area contributed by atoms with Crippen LogP contribution in [0.1, 0.15) is 33.6 Å². The highest BCUT2D eigenvalue weighted by atomic mass is 19.4. The summed E-state index contributed by atoms with van der Waals surface area (Å²) in [5.74, 6) is -0.691. The van der Waals surface area contributed by atoms with Crippen LogP contribution >= 0.6 is 0 Å². The van der Waals surface area contributed by atoms with E-state index in [0.717, 1.165) is 28.4 Å². The Morgan fingerprint density at radius 2 is 1.72 bits per heavy atom. The van der Waals surface area contributed by atoms with Crippen LogP contribution in [0.25, 0.3) is 5.69 Å². The number of halogens is 3. The second-order valence-electron chi connectivity index (χ2n) is 6.97. The second kappa shape index (κ2) is 8.51. The summed E-state index contributed by atoms with van der Waals surface area (Å²) < 4.78 is 42.1. The van der Waals surface area contributed by atoms with Crippen molar-refractivity contribution in [3.8, 4) is 5.69 Å². The van der Waals surface area contributed by atoms with Crippen molar-refractivity contribution in [2.24, 2.45) is 0 Å². The predicted molar refractivity (Wildman–Crippen MR) is 105 cm³/mol. The molecule has 0 aliphatic carbocycles. The highest BCUT2D eigenvalue weighted by Crippen LogP contribution is 2.34. The number of alkyl halides is 3. The molecule has 1 aromatic heterocycles. The summed E-state index contributed by atoms with van der Waals surface area (Å²) in [5.41, 5.74) is 0.802. The van der Waals surface area contributed by atoms with Crippen LogP contribution in [-0.4, -0.2) is 34.2 Å². The third-order valence-corrected chi connectivity index (χ3v) is 4.70. The van der Waals surface area contributed by atoms with Gasteiger partial charge in [0, 0.05) is 13.6 Å². The van der Waals surface area contributed by atoms with Crippen molar-refractivity contribution < 1.29 is 18.0 Å². The first kappa shape index (κ1) is 20.6. The molecule has 0 aliphatic rings. The number of benzene rings is 2. The van der Waals surface area contributed by atoms with Crippen molar-refractivity contribution in [2.75, 3.05) is 13.6 Å². The van der Waals surface area contributed by atoms with Crippen LogP contribution < -0.4 is 0 Å². The molecule has 7 heteroatoms. The summed E-state index contributed by atoms with van der Waals surface area (Å²) >= 11 is 0. The summed E-state index contributed by atoms with van der Waals surface area (Å²) in [7, 11) is 1.51. The molecule has 1 heterocycles. The van der Waals surface area contributed by atoms with Crippen LogP contribution in [0.2, 0.25) is 0 Å². The molecule has 0 aliphatic heterocycles. The van der Waals surface area contributed by atoms with Gasteiger partial charge in [0.15, 0.2) is 5.69 Å². The lowest BCUT2D eigenvalue weighted by Crippen LogP contribution is -2.30. The summed E-state index contributed by atoms with van der Waals surface area (Å²) in [6.07, 6.45) is -2.32. The normalized spacial score (nSPS) is 11.5. The third-order valence-electron chi connectivity index (χ3n) is 4.70. The quantitative estimate of drug-likeness (QED) is 0.589. The molecule has 1 amide bonds. The zero-order valence-electron chi connectivity index (χ0n) is 16.3. The van der Waals surface area contributed by atoms with Crippen molar-refractivity contribution >= 4 is 5.91 Å². The van der Waals surface area contributed by atoms with Crippen LogP contribution in [0.4, 0.5) is 13.2 Å². The molecule has 29 heavy (non-hydrogen) atoms. The van der Waals surface area contributed by atoms with Gasteiger partial charge in [0.05, 0.1) is 17.4 Å². The van der Waals surface area contributed by atoms with Gasteiger partial charge in [-0.15, -0.1) is 0 Å². The molecule has 0 radical (unpaired) electrons. The first-order valence-electron chi connectivity index (χ1n) is 9.29. The Morgan fingerprint density at radius 1 is 1.07 bits per heavy atom. The number of aromatic nitrogens is 2. The number of hydrogen-bond donors (Lipinski definition) is 0. The van der Waals surface area contributed by atoms with E-state index in [4.69, 9.17) is 0 Å². The van der Waals surface area contributed by atoms with Crippen molar-refractivity contribution in [1.29, 1.82) is 0 Å². The van der Waals surface area contributed by atoms with Gasteiger partial charge in [-0.25, -0.2) is 4.68 Å². The Balaban J connectivity index is 1.80. The molecular formula is C22H22F3N3O. The van der Waals surface area contributed by atoms with Crippen LogP contribution in [0.15, 0.2) is 60.8 Å². The molecule has 0 spiro atoms. The average Bonchev–Trinajstić information content (AvgIpc) is 3.14. The van der Waals surface area contributed by atoms with Crippen LogP contribution in [0.5, 0.6) is 0 Å². The smallest absolute Gasteiger partial charge is 0.342 e. The number of carbonyl (C=O) groups is 1. The maximum Gasteiger partial charge on any atom is 0.434 e. The first-order valence-corrected chi connectivity index (χ1v) is 9.29. The van der Waals surface area contributed by atoms with Gasteiger partial charge >= 0.3 is 6.18 Å². The second-order valence-corrected chi connectivity index (χ2v) is 6.97. The Kier molecular flexibility index (Phi) is 6.06. The van der Waals surface area contributed by atoms with Gasteiger partial charge in [-0.05, 0) is 37.5 Å². The Morgan fingerprint density at radius 3 is 2.34 bits per heavy atom. The van der Waals surface area contributed by atoms with Crippen LogP contribution in [0, 0.1) is 6.92 Å². The van der Waals surface area contributed by atoms with Crippen molar-refractivity contribution in [3.63, 3.8) is 0 Å². The minimum absolute atomic E-state index is 0.258. The first-order chi connectivity index (χ1) is 13.8. The molecule has 0 N–H and O–H groups in total. The minimum Gasteiger partial charge on any atom is -0.342 e. The highest BCUT2D eigenvalue weighted by molar-refractivity contribution is 5.95. The lowest BCUT2D eigenvalue weighted by atomic mass is 10.1. The molecule has 0 fully saturated rings. The van der Waals surface area contributed by atoms with Crippen LogP contribution in [-0.2, 0) is 12.6 Å². The van der Waals surface area contributed by atoms with E-state index in [9.17, 15) is 18.0 Å².